The summed E-state index contributed by atoms with van der Waals surface area (Å²) in [7, 11) is -13.9. The van der Waals surface area contributed by atoms with E-state index in [-0.39, 0.29) is 73.2 Å². The van der Waals surface area contributed by atoms with Crippen molar-refractivity contribution in [2.75, 3.05) is 0 Å². The molecule has 0 radical (unpaired) electrons. The Morgan fingerprint density at radius 1 is 0.210 bits per heavy atom. The van der Waals surface area contributed by atoms with Crippen molar-refractivity contribution in [3.05, 3.63) is 144 Å². The van der Waals surface area contributed by atoms with Crippen LogP contribution in [0.1, 0.15) is 189 Å². The summed E-state index contributed by atoms with van der Waals surface area (Å²) in [6.45, 7) is 48.5. The van der Waals surface area contributed by atoms with Crippen LogP contribution in [0.4, 0.5) is 0 Å². The van der Waals surface area contributed by atoms with Gasteiger partial charge in [-0.15, -0.1) is 0 Å². The number of H-pyrrole nitrogens is 2. The average molecular weight is 1430 g/mol. The van der Waals surface area contributed by atoms with E-state index >= 15 is 0 Å². The monoisotopic (exact) mass is 1430 g/mol. The van der Waals surface area contributed by atoms with Gasteiger partial charge in [-0.3, -0.25) is 0 Å². The zero-order valence-corrected chi connectivity index (χ0v) is 67.6. The van der Waals surface area contributed by atoms with Crippen molar-refractivity contribution in [2.24, 2.45) is 0 Å². The van der Waals surface area contributed by atoms with Gasteiger partial charge >= 0.3 is 35.2 Å². The highest BCUT2D eigenvalue weighted by molar-refractivity contribution is 6.77. The predicted octanol–water partition coefficient (Wildman–Crippen LogP) is 17.0. The summed E-state index contributed by atoms with van der Waals surface area (Å²) in [6.07, 6.45) is 6.51. The first-order valence-corrected chi connectivity index (χ1v) is 42.9. The van der Waals surface area contributed by atoms with Crippen LogP contribution < -0.4 is 20.7 Å². The third kappa shape index (κ3) is 18.6. The Hall–Kier alpha value is -6.13. The van der Waals surface area contributed by atoms with Gasteiger partial charge in [0.05, 0.1) is 22.8 Å². The molecule has 16 nitrogen and oxygen atoms in total. The lowest BCUT2D eigenvalue weighted by Gasteiger charge is -2.34. The maximum Gasteiger partial charge on any atom is 0.537 e. The fourth-order valence-corrected chi connectivity index (χ4v) is 24.7. The molecule has 0 spiro atoms. The van der Waals surface area contributed by atoms with Gasteiger partial charge in [0.2, 0.25) is 0 Å². The van der Waals surface area contributed by atoms with Crippen molar-refractivity contribution in [3.63, 3.8) is 0 Å². The molecule has 0 amide bonds. The molecule has 0 fully saturated rings. The van der Waals surface area contributed by atoms with Crippen molar-refractivity contribution in [1.82, 2.24) is 19.9 Å². The van der Waals surface area contributed by atoms with Gasteiger partial charge in [0.1, 0.15) is 0 Å². The van der Waals surface area contributed by atoms with Gasteiger partial charge in [-0.25, -0.2) is 9.97 Å². The van der Waals surface area contributed by atoms with E-state index in [1.54, 1.807) is 0 Å². The van der Waals surface area contributed by atoms with E-state index in [0.29, 0.717) is 0 Å². The van der Waals surface area contributed by atoms with Crippen LogP contribution in [0.5, 0.6) is 0 Å². The molecule has 7 aromatic rings. The molecule has 0 unspecified atom stereocenters. The fourth-order valence-electron chi connectivity index (χ4n) is 12.7. The number of hydrogen-bond donors (Lipinski definition) is 2. The first-order valence-electron chi connectivity index (χ1n) is 36.0. The molecule has 20 heteroatoms. The van der Waals surface area contributed by atoms with Crippen LogP contribution in [0.2, 0.25) is 0 Å². The number of nitrogens with one attached hydrogen (secondary N) is 2. The number of nitrogens with zero attached hydrogens (tertiary/aromatic N) is 2. The van der Waals surface area contributed by atoms with E-state index in [4.69, 9.17) is 63.1 Å². The number of benzene rings is 4. The van der Waals surface area contributed by atoms with Gasteiger partial charge in [0, 0.05) is 138 Å². The number of hydrogen-bond acceptors (Lipinski definition) is 14. The van der Waals surface area contributed by atoms with Crippen LogP contribution in [0.3, 0.4) is 0 Å². The maximum atomic E-state index is 6.78. The Labute approximate surface area is 600 Å². The van der Waals surface area contributed by atoms with Crippen LogP contribution in [0, 0.1) is 0 Å². The second-order valence-corrected chi connectivity index (χ2v) is 38.6. The van der Waals surface area contributed by atoms with Crippen LogP contribution in [-0.2, 0) is 53.1 Å². The molecule has 5 heterocycles. The Kier molecular flexibility index (Phi) is 25.8. The Morgan fingerprint density at radius 3 is 0.480 bits per heavy atom. The van der Waals surface area contributed by atoms with Crippen molar-refractivity contribution < 1.29 is 53.1 Å². The van der Waals surface area contributed by atoms with E-state index in [1.807, 2.05) is 166 Å². The minimum Gasteiger partial charge on any atom is -0.367 e. The first kappa shape index (κ1) is 78.0. The van der Waals surface area contributed by atoms with Gasteiger partial charge < -0.3 is 63.1 Å². The zero-order chi connectivity index (χ0) is 72.8. The van der Waals surface area contributed by atoms with Gasteiger partial charge in [0.25, 0.3) is 0 Å². The number of rotatable bonds is 32. The Morgan fingerprint density at radius 2 is 0.350 bits per heavy atom. The number of aromatic nitrogens is 4. The molecule has 8 bridgehead atoms. The minimum atomic E-state index is -3.48. The Bertz CT molecular complexity index is 3480. The highest BCUT2D eigenvalue weighted by Crippen LogP contribution is 2.40. The molecule has 3 aromatic heterocycles. The summed E-state index contributed by atoms with van der Waals surface area (Å²) < 4.78 is 81.4. The lowest BCUT2D eigenvalue weighted by molar-refractivity contribution is 0.0142. The molecule has 2 N–H and O–H groups in total. The largest absolute Gasteiger partial charge is 0.537 e. The summed E-state index contributed by atoms with van der Waals surface area (Å²) in [4.78, 5) is 19.4. The van der Waals surface area contributed by atoms with Crippen molar-refractivity contribution in [2.45, 2.75) is 239 Å². The molecular formula is C80H110N4O12Si4. The SMILES string of the molecule is CC(C)O[Si](OC(C)C)(OC(C)C)c1ccc(-c2c3nc(c(-c4ccc([Si](OC(C)C)(OC(C)C)OC(C)C)cc4)c4ccc([nH]4)c(-c4ccc([Si](OC(C)C)(OC(C)C)OC(C)C)cc4)c4nc(c(-c5ccc([Si](OC(C)C)(OC(C)C)OC(C)C)cc5)c5ccc2[nH]5)C=C4)C=C3)cc1. The highest BCUT2D eigenvalue weighted by atomic mass is 28.4. The maximum absolute atomic E-state index is 6.78. The van der Waals surface area contributed by atoms with Gasteiger partial charge in [0.15, 0.2) is 0 Å². The molecule has 4 aromatic carbocycles. The van der Waals surface area contributed by atoms with Crippen molar-refractivity contribution >= 4 is 102 Å². The summed E-state index contributed by atoms with van der Waals surface area (Å²) in [5, 5.41) is 3.44. The summed E-state index contributed by atoms with van der Waals surface area (Å²) in [6, 6.07) is 42.4. The molecule has 0 atom stereocenters. The lowest BCUT2D eigenvalue weighted by Crippen LogP contribution is -2.60. The van der Waals surface area contributed by atoms with E-state index in [2.05, 4.69) is 156 Å². The molecule has 100 heavy (non-hydrogen) atoms. The van der Waals surface area contributed by atoms with Crippen LogP contribution in [0.15, 0.2) is 121 Å². The first-order chi connectivity index (χ1) is 47.2. The van der Waals surface area contributed by atoms with E-state index in [1.165, 1.54) is 0 Å². The van der Waals surface area contributed by atoms with E-state index < -0.39 is 35.2 Å². The minimum absolute atomic E-state index is 0.162. The second-order valence-electron chi connectivity index (χ2n) is 29.0. The van der Waals surface area contributed by atoms with Gasteiger partial charge in [-0.1, -0.05) is 97.1 Å². The second kappa shape index (κ2) is 33.1. The quantitative estimate of drug-likeness (QED) is 0.0382. The van der Waals surface area contributed by atoms with Crippen LogP contribution in [0.25, 0.3) is 90.9 Å². The molecule has 0 saturated heterocycles. The van der Waals surface area contributed by atoms with Crippen LogP contribution in [-0.4, -0.2) is 128 Å². The third-order valence-corrected chi connectivity index (χ3v) is 29.1. The fraction of sp³-hybridized carbons (Fsp3) is 0.450. The van der Waals surface area contributed by atoms with E-state index in [0.717, 1.165) is 110 Å². The summed E-state index contributed by atoms with van der Waals surface area (Å²) >= 11 is 0. The summed E-state index contributed by atoms with van der Waals surface area (Å²) in [5.41, 5.74) is 13.4. The topological polar surface area (TPSA) is 168 Å². The average Bonchev–Trinajstić information content (AvgIpc) is 1.55. The highest BCUT2D eigenvalue weighted by Gasteiger charge is 2.50. The lowest BCUT2D eigenvalue weighted by atomic mass is 10.0. The zero-order valence-electron chi connectivity index (χ0n) is 63.6. The van der Waals surface area contributed by atoms with Crippen molar-refractivity contribution in [1.29, 1.82) is 0 Å². The molecule has 9 rings (SSSR count). The van der Waals surface area contributed by atoms with Gasteiger partial charge in [-0.05, 0) is 237 Å². The molecular weight excluding hydrogens is 1320 g/mol. The number of aromatic amines is 2. The van der Waals surface area contributed by atoms with Gasteiger partial charge in [-0.2, -0.15) is 0 Å². The van der Waals surface area contributed by atoms with Crippen LogP contribution >= 0.6 is 0 Å². The van der Waals surface area contributed by atoms with Crippen molar-refractivity contribution in [3.8, 4) is 44.5 Å². The Balaban J connectivity index is 1.41. The predicted molar refractivity (Wildman–Crippen MR) is 417 cm³/mol. The normalized spacial score (nSPS) is 13.5. The molecule has 2 aliphatic rings. The summed E-state index contributed by atoms with van der Waals surface area (Å²) in [5.74, 6) is 0. The molecule has 0 saturated carbocycles. The number of fused-ring (bicyclic) bond motifs is 8. The van der Waals surface area contributed by atoms with E-state index in [9.17, 15) is 0 Å². The molecule has 0 aliphatic carbocycles. The third-order valence-electron chi connectivity index (χ3n) is 15.6. The molecule has 2 aliphatic heterocycles. The smallest absolute Gasteiger partial charge is 0.367 e. The molecule has 538 valence electrons. The standard InChI is InChI=1S/C80H110N4O12Si4/c1-49(2)85-97(86-50(3)4,87-51(5)6)65-33-25-61(26-34-65)77-69-41-43-71(81-69)78(62-27-35-66(36-28-62)98(88-52(7)8,89-53(9)10)90-54(11)12)73-45-47-75(83-73)80(64-31-39-68(40-32-64)100(94-58(19)20,95-59(21)22)96-60(23)24)76-48-46-74(84-76)79(72-44-42-70(77)82-72)63-29-37-67(38-30-63)99(91-55(13)14,92-56(15)16)93-57(17)18/h25-60,81,84H,1-24H3.